The van der Waals surface area contributed by atoms with Crippen LogP contribution in [0.25, 0.3) is 0 Å². The highest BCUT2D eigenvalue weighted by molar-refractivity contribution is 5.89. The predicted octanol–water partition coefficient (Wildman–Crippen LogP) is 3.41. The number of hydrogen-bond donors (Lipinski definition) is 1. The lowest BCUT2D eigenvalue weighted by Gasteiger charge is -2.22. The minimum absolute atomic E-state index is 0.0761. The summed E-state index contributed by atoms with van der Waals surface area (Å²) in [5, 5.41) is 0. The van der Waals surface area contributed by atoms with Crippen molar-refractivity contribution in [1.29, 1.82) is 0 Å². The summed E-state index contributed by atoms with van der Waals surface area (Å²) in [6, 6.07) is 16.5. The summed E-state index contributed by atoms with van der Waals surface area (Å²) in [5.41, 5.74) is 7.07. The molecule has 0 saturated carbocycles. The molecule has 0 aliphatic heterocycles. The number of esters is 1. The van der Waals surface area contributed by atoms with Crippen molar-refractivity contribution in [3.8, 4) is 5.75 Å². The molecule has 4 heteroatoms. The van der Waals surface area contributed by atoms with Gasteiger partial charge in [-0.15, -0.1) is 0 Å². The summed E-state index contributed by atoms with van der Waals surface area (Å²) >= 11 is 0. The third-order valence-electron chi connectivity index (χ3n) is 3.48. The van der Waals surface area contributed by atoms with Gasteiger partial charge in [0.2, 0.25) is 0 Å². The van der Waals surface area contributed by atoms with Gasteiger partial charge in [0, 0.05) is 12.0 Å². The molecule has 122 valence electrons. The summed E-state index contributed by atoms with van der Waals surface area (Å²) in [4.78, 5) is 12.0. The van der Waals surface area contributed by atoms with E-state index in [2.05, 4.69) is 0 Å². The first-order valence-electron chi connectivity index (χ1n) is 7.64. The van der Waals surface area contributed by atoms with Gasteiger partial charge in [-0.25, -0.2) is 4.79 Å². The topological polar surface area (TPSA) is 61.5 Å². The molecular weight excluding hydrogens is 290 g/mol. The largest absolute Gasteiger partial charge is 0.493 e. The molecule has 0 unspecified atom stereocenters. The van der Waals surface area contributed by atoms with Crippen molar-refractivity contribution in [2.24, 2.45) is 11.1 Å². The molecule has 0 aliphatic carbocycles. The smallest absolute Gasteiger partial charge is 0.338 e. The summed E-state index contributed by atoms with van der Waals surface area (Å²) < 4.78 is 11.0. The van der Waals surface area contributed by atoms with Crippen LogP contribution in [-0.4, -0.2) is 19.1 Å². The standard InChI is InChI=1S/C19H23NO3/c1-19(2,13-20)14-23-17-10-8-16(9-11-17)18(21)22-12-15-6-4-3-5-7-15/h3-11H,12-14,20H2,1-2H3. The molecule has 2 rings (SSSR count). The average molecular weight is 313 g/mol. The zero-order chi connectivity index (χ0) is 16.7. The number of ether oxygens (including phenoxy) is 2. The number of carbonyl (C=O) groups is 1. The molecule has 4 nitrogen and oxygen atoms in total. The molecule has 0 spiro atoms. The summed E-state index contributed by atoms with van der Waals surface area (Å²) in [6.07, 6.45) is 0. The SMILES string of the molecule is CC(C)(CN)COc1ccc(C(=O)OCc2ccccc2)cc1. The maximum absolute atomic E-state index is 12.0. The summed E-state index contributed by atoms with van der Waals surface area (Å²) in [5.74, 6) is 0.369. The van der Waals surface area contributed by atoms with Gasteiger partial charge in [0.05, 0.1) is 12.2 Å². The highest BCUT2D eigenvalue weighted by atomic mass is 16.5. The molecule has 0 radical (unpaired) electrons. The molecule has 2 aromatic carbocycles. The van der Waals surface area contributed by atoms with Gasteiger partial charge >= 0.3 is 5.97 Å². The normalized spacial score (nSPS) is 11.1. The lowest BCUT2D eigenvalue weighted by molar-refractivity contribution is 0.0472. The van der Waals surface area contributed by atoms with Crippen LogP contribution in [0.5, 0.6) is 5.75 Å². The molecule has 0 saturated heterocycles. The Morgan fingerprint density at radius 2 is 1.70 bits per heavy atom. The highest BCUT2D eigenvalue weighted by Crippen LogP contribution is 2.18. The monoisotopic (exact) mass is 313 g/mol. The molecule has 2 aromatic rings. The lowest BCUT2D eigenvalue weighted by Crippen LogP contribution is -2.30. The lowest BCUT2D eigenvalue weighted by atomic mass is 9.95. The van der Waals surface area contributed by atoms with Gasteiger partial charge in [-0.3, -0.25) is 0 Å². The van der Waals surface area contributed by atoms with Crippen LogP contribution in [0.15, 0.2) is 54.6 Å². The van der Waals surface area contributed by atoms with Gasteiger partial charge in [-0.1, -0.05) is 44.2 Å². The fourth-order valence-electron chi connectivity index (χ4n) is 1.83. The second-order valence-electron chi connectivity index (χ2n) is 6.24. The first-order valence-corrected chi connectivity index (χ1v) is 7.64. The highest BCUT2D eigenvalue weighted by Gasteiger charge is 2.16. The molecule has 0 bridgehead atoms. The minimum Gasteiger partial charge on any atom is -0.493 e. The maximum Gasteiger partial charge on any atom is 0.338 e. The van der Waals surface area contributed by atoms with E-state index in [-0.39, 0.29) is 18.0 Å². The quantitative estimate of drug-likeness (QED) is 0.796. The number of nitrogens with two attached hydrogens (primary N) is 1. The van der Waals surface area contributed by atoms with Crippen molar-refractivity contribution in [2.75, 3.05) is 13.2 Å². The molecule has 0 fully saturated rings. The van der Waals surface area contributed by atoms with Crippen LogP contribution in [-0.2, 0) is 11.3 Å². The zero-order valence-electron chi connectivity index (χ0n) is 13.6. The molecule has 23 heavy (non-hydrogen) atoms. The average Bonchev–Trinajstić information content (AvgIpc) is 2.59. The van der Waals surface area contributed by atoms with E-state index in [4.69, 9.17) is 15.2 Å². The van der Waals surface area contributed by atoms with E-state index in [0.29, 0.717) is 24.5 Å². The Balaban J connectivity index is 1.87. The van der Waals surface area contributed by atoms with Crippen LogP contribution in [0, 0.1) is 5.41 Å². The first kappa shape index (κ1) is 17.0. The number of hydrogen-bond acceptors (Lipinski definition) is 4. The van der Waals surface area contributed by atoms with E-state index in [1.165, 1.54) is 0 Å². The van der Waals surface area contributed by atoms with Crippen molar-refractivity contribution in [3.63, 3.8) is 0 Å². The van der Waals surface area contributed by atoms with E-state index in [9.17, 15) is 4.79 Å². The van der Waals surface area contributed by atoms with Gasteiger partial charge in [0.15, 0.2) is 0 Å². The predicted molar refractivity (Wildman–Crippen MR) is 90.3 cm³/mol. The fourth-order valence-corrected chi connectivity index (χ4v) is 1.83. The van der Waals surface area contributed by atoms with Crippen LogP contribution in [0.2, 0.25) is 0 Å². The van der Waals surface area contributed by atoms with Gasteiger partial charge in [0.1, 0.15) is 12.4 Å². The Hall–Kier alpha value is -2.33. The second kappa shape index (κ2) is 7.79. The third kappa shape index (κ3) is 5.42. The Bertz CT molecular complexity index is 621. The Kier molecular flexibility index (Phi) is 5.77. The number of carbonyl (C=O) groups excluding carboxylic acids is 1. The summed E-state index contributed by atoms with van der Waals surface area (Å²) in [7, 11) is 0. The fraction of sp³-hybridized carbons (Fsp3) is 0.316. The third-order valence-corrected chi connectivity index (χ3v) is 3.48. The zero-order valence-corrected chi connectivity index (χ0v) is 13.6. The van der Waals surface area contributed by atoms with Crippen molar-refractivity contribution in [3.05, 3.63) is 65.7 Å². The number of benzene rings is 2. The number of rotatable bonds is 7. The Morgan fingerprint density at radius 3 is 2.30 bits per heavy atom. The van der Waals surface area contributed by atoms with Crippen molar-refractivity contribution in [2.45, 2.75) is 20.5 Å². The van der Waals surface area contributed by atoms with E-state index in [1.807, 2.05) is 44.2 Å². The molecule has 2 N–H and O–H groups in total. The molecule has 0 amide bonds. The second-order valence-corrected chi connectivity index (χ2v) is 6.24. The van der Waals surface area contributed by atoms with Crippen molar-refractivity contribution in [1.82, 2.24) is 0 Å². The van der Waals surface area contributed by atoms with Crippen LogP contribution < -0.4 is 10.5 Å². The van der Waals surface area contributed by atoms with Crippen LogP contribution in [0.1, 0.15) is 29.8 Å². The summed E-state index contributed by atoms with van der Waals surface area (Å²) in [6.45, 7) is 5.44. The van der Waals surface area contributed by atoms with Crippen LogP contribution in [0.4, 0.5) is 0 Å². The van der Waals surface area contributed by atoms with Crippen molar-refractivity contribution >= 4 is 5.97 Å². The van der Waals surface area contributed by atoms with E-state index in [1.54, 1.807) is 24.3 Å². The molecule has 0 aromatic heterocycles. The van der Waals surface area contributed by atoms with Crippen LogP contribution in [0.3, 0.4) is 0 Å². The van der Waals surface area contributed by atoms with Gasteiger partial charge in [0.25, 0.3) is 0 Å². The molecular formula is C19H23NO3. The Morgan fingerprint density at radius 1 is 1.04 bits per heavy atom. The van der Waals surface area contributed by atoms with E-state index >= 15 is 0 Å². The molecule has 0 aliphatic rings. The first-order chi connectivity index (χ1) is 11.0. The van der Waals surface area contributed by atoms with E-state index < -0.39 is 0 Å². The van der Waals surface area contributed by atoms with Gasteiger partial charge in [-0.05, 0) is 29.8 Å². The molecule has 0 heterocycles. The van der Waals surface area contributed by atoms with Crippen LogP contribution >= 0.6 is 0 Å². The Labute approximate surface area is 137 Å². The minimum atomic E-state index is -0.345. The van der Waals surface area contributed by atoms with Gasteiger partial charge in [-0.2, -0.15) is 0 Å². The van der Waals surface area contributed by atoms with Gasteiger partial charge < -0.3 is 15.2 Å². The molecule has 0 atom stereocenters. The van der Waals surface area contributed by atoms with E-state index in [0.717, 1.165) is 5.56 Å². The maximum atomic E-state index is 12.0. The van der Waals surface area contributed by atoms with Crippen molar-refractivity contribution < 1.29 is 14.3 Å².